The average Bonchev–Trinajstić information content (AvgIpc) is 2.50. The maximum atomic E-state index is 11.4. The van der Waals surface area contributed by atoms with Crippen molar-refractivity contribution in [3.8, 4) is 0 Å². The number of amides is 1. The molecule has 0 aliphatic heterocycles. The molecule has 23 heavy (non-hydrogen) atoms. The highest BCUT2D eigenvalue weighted by atomic mass is 16.6. The molecule has 1 aromatic carbocycles. The molecule has 4 aliphatic carbocycles. The van der Waals surface area contributed by atoms with Crippen LogP contribution in [0.3, 0.4) is 0 Å². The summed E-state index contributed by atoms with van der Waals surface area (Å²) in [5.74, 6) is 2.34. The number of carbonyl (C=O) groups is 1. The minimum absolute atomic E-state index is 0.0601. The number of nitrogens with zero attached hydrogens (tertiary/aromatic N) is 1. The molecule has 5 rings (SSSR count). The van der Waals surface area contributed by atoms with Crippen LogP contribution in [-0.2, 0) is 0 Å². The van der Waals surface area contributed by atoms with Crippen molar-refractivity contribution in [2.45, 2.75) is 38.1 Å². The van der Waals surface area contributed by atoms with Gasteiger partial charge >= 0.3 is 0 Å². The van der Waals surface area contributed by atoms with Crippen LogP contribution in [0.4, 0.5) is 11.4 Å². The van der Waals surface area contributed by atoms with Gasteiger partial charge in [0.15, 0.2) is 0 Å². The van der Waals surface area contributed by atoms with E-state index in [0.29, 0.717) is 23.6 Å². The number of nitrogens with one attached hydrogen (secondary N) is 1. The second kappa shape index (κ2) is 5.22. The van der Waals surface area contributed by atoms with Crippen LogP contribution in [0.1, 0.15) is 42.5 Å². The molecule has 122 valence electrons. The standard InChI is InChI=1S/C17H21N3O3/c18-17(21)11-1-2-14(15(8-11)20(22)23)19-16-12-4-9-3-10(6-12)7-13(16)5-9/h1-2,8-10,12-13,16,19H,3-7H2,(H2,18,21). The Balaban J connectivity index is 1.61. The van der Waals surface area contributed by atoms with Gasteiger partial charge in [-0.3, -0.25) is 14.9 Å². The molecule has 4 aliphatic rings. The lowest BCUT2D eigenvalue weighted by Gasteiger charge is -2.54. The van der Waals surface area contributed by atoms with E-state index in [9.17, 15) is 14.9 Å². The van der Waals surface area contributed by atoms with Gasteiger partial charge in [-0.2, -0.15) is 0 Å². The van der Waals surface area contributed by atoms with Crippen molar-refractivity contribution in [3.63, 3.8) is 0 Å². The summed E-state index contributed by atoms with van der Waals surface area (Å²) in [6.45, 7) is 0. The normalized spacial score (nSPS) is 34.3. The summed E-state index contributed by atoms with van der Waals surface area (Å²) in [6.07, 6.45) is 6.37. The monoisotopic (exact) mass is 315 g/mol. The fourth-order valence-corrected chi connectivity index (χ4v) is 5.30. The zero-order valence-corrected chi connectivity index (χ0v) is 12.9. The molecule has 1 aromatic rings. The van der Waals surface area contributed by atoms with Crippen molar-refractivity contribution in [2.75, 3.05) is 5.32 Å². The quantitative estimate of drug-likeness (QED) is 0.659. The highest BCUT2D eigenvalue weighted by molar-refractivity contribution is 5.94. The van der Waals surface area contributed by atoms with Gasteiger partial charge in [0.25, 0.3) is 5.69 Å². The number of rotatable bonds is 4. The third-order valence-electron chi connectivity index (χ3n) is 6.03. The smallest absolute Gasteiger partial charge is 0.293 e. The largest absolute Gasteiger partial charge is 0.376 e. The van der Waals surface area contributed by atoms with Crippen molar-refractivity contribution >= 4 is 17.3 Å². The van der Waals surface area contributed by atoms with Crippen LogP contribution >= 0.6 is 0 Å². The molecule has 1 amide bonds. The third-order valence-corrected chi connectivity index (χ3v) is 6.03. The third kappa shape index (κ3) is 2.46. The highest BCUT2D eigenvalue weighted by Gasteiger charge is 2.48. The summed E-state index contributed by atoms with van der Waals surface area (Å²) in [5.41, 5.74) is 5.85. The van der Waals surface area contributed by atoms with Crippen LogP contribution in [0.2, 0.25) is 0 Å². The van der Waals surface area contributed by atoms with Gasteiger partial charge in [0.1, 0.15) is 5.69 Å². The molecule has 0 aromatic heterocycles. The Kier molecular flexibility index (Phi) is 3.28. The fraction of sp³-hybridized carbons (Fsp3) is 0.588. The lowest BCUT2D eigenvalue weighted by Crippen LogP contribution is -2.51. The lowest BCUT2D eigenvalue weighted by molar-refractivity contribution is -0.384. The van der Waals surface area contributed by atoms with Crippen molar-refractivity contribution in [2.24, 2.45) is 29.4 Å². The predicted octanol–water partition coefficient (Wildman–Crippen LogP) is 2.93. The van der Waals surface area contributed by atoms with Crippen molar-refractivity contribution < 1.29 is 9.72 Å². The average molecular weight is 315 g/mol. The molecule has 0 atom stereocenters. The van der Waals surface area contributed by atoms with Crippen molar-refractivity contribution in [3.05, 3.63) is 33.9 Å². The maximum Gasteiger partial charge on any atom is 0.293 e. The highest BCUT2D eigenvalue weighted by Crippen LogP contribution is 2.54. The van der Waals surface area contributed by atoms with Gasteiger partial charge in [0.2, 0.25) is 5.91 Å². The van der Waals surface area contributed by atoms with E-state index >= 15 is 0 Å². The number of hydrogen-bond donors (Lipinski definition) is 2. The predicted molar refractivity (Wildman–Crippen MR) is 86.1 cm³/mol. The Morgan fingerprint density at radius 1 is 1.13 bits per heavy atom. The topological polar surface area (TPSA) is 98.3 Å². The molecule has 0 unspecified atom stereocenters. The zero-order chi connectivity index (χ0) is 16.1. The first kappa shape index (κ1) is 14.5. The maximum absolute atomic E-state index is 11.4. The summed E-state index contributed by atoms with van der Waals surface area (Å²) in [6, 6.07) is 4.79. The summed E-state index contributed by atoms with van der Waals surface area (Å²) in [7, 11) is 0. The van der Waals surface area contributed by atoms with Crippen LogP contribution in [-0.4, -0.2) is 16.9 Å². The molecular weight excluding hydrogens is 294 g/mol. The van der Waals surface area contributed by atoms with Crippen LogP contribution < -0.4 is 11.1 Å². The molecule has 4 bridgehead atoms. The minimum Gasteiger partial charge on any atom is -0.376 e. The van der Waals surface area contributed by atoms with Crippen molar-refractivity contribution in [1.82, 2.24) is 0 Å². The lowest BCUT2D eigenvalue weighted by atomic mass is 9.54. The van der Waals surface area contributed by atoms with Gasteiger partial charge in [-0.05, 0) is 67.9 Å². The first-order valence-electron chi connectivity index (χ1n) is 8.36. The van der Waals surface area contributed by atoms with Crippen LogP contribution in [0.15, 0.2) is 18.2 Å². The summed E-state index contributed by atoms with van der Waals surface area (Å²) in [5, 5.41) is 14.8. The second-order valence-electron chi connectivity index (χ2n) is 7.45. The summed E-state index contributed by atoms with van der Waals surface area (Å²) in [4.78, 5) is 22.2. The number of benzene rings is 1. The Hall–Kier alpha value is -2.11. The number of primary amides is 1. The molecule has 3 N–H and O–H groups in total. The molecule has 0 radical (unpaired) electrons. The van der Waals surface area contributed by atoms with Crippen LogP contribution in [0.5, 0.6) is 0 Å². The van der Waals surface area contributed by atoms with E-state index in [1.807, 2.05) is 0 Å². The number of carbonyl (C=O) groups excluding carboxylic acids is 1. The first-order chi connectivity index (χ1) is 11.0. The van der Waals surface area contributed by atoms with Gasteiger partial charge in [-0.25, -0.2) is 0 Å². The molecule has 6 heteroatoms. The van der Waals surface area contributed by atoms with Crippen LogP contribution in [0, 0.1) is 33.8 Å². The molecule has 4 saturated carbocycles. The Labute approximate surface area is 134 Å². The fourth-order valence-electron chi connectivity index (χ4n) is 5.30. The molecule has 0 spiro atoms. The number of nitro benzene ring substituents is 1. The summed E-state index contributed by atoms with van der Waals surface area (Å²) >= 11 is 0. The Morgan fingerprint density at radius 3 is 2.26 bits per heavy atom. The molecular formula is C17H21N3O3. The number of anilines is 1. The summed E-state index contributed by atoms with van der Waals surface area (Å²) < 4.78 is 0. The van der Waals surface area contributed by atoms with E-state index < -0.39 is 10.8 Å². The minimum atomic E-state index is -0.644. The second-order valence-corrected chi connectivity index (χ2v) is 7.45. The van der Waals surface area contributed by atoms with E-state index in [2.05, 4.69) is 5.32 Å². The van der Waals surface area contributed by atoms with Crippen LogP contribution in [0.25, 0.3) is 0 Å². The molecule has 0 saturated heterocycles. The SMILES string of the molecule is NC(=O)c1ccc(NC2C3CC4CC(C3)CC2C4)c([N+](=O)[O-])c1. The van der Waals surface area contributed by atoms with Gasteiger partial charge in [-0.1, -0.05) is 0 Å². The number of hydrogen-bond acceptors (Lipinski definition) is 4. The molecule has 4 fully saturated rings. The van der Waals surface area contributed by atoms with Gasteiger partial charge in [-0.15, -0.1) is 0 Å². The molecule has 6 nitrogen and oxygen atoms in total. The van der Waals surface area contributed by atoms with E-state index in [0.717, 1.165) is 11.8 Å². The zero-order valence-electron chi connectivity index (χ0n) is 12.9. The Morgan fingerprint density at radius 2 is 1.74 bits per heavy atom. The van der Waals surface area contributed by atoms with E-state index in [-0.39, 0.29) is 11.3 Å². The van der Waals surface area contributed by atoms with Gasteiger partial charge < -0.3 is 11.1 Å². The van der Waals surface area contributed by atoms with Crippen molar-refractivity contribution in [1.29, 1.82) is 0 Å². The Bertz CT molecular complexity index is 645. The first-order valence-corrected chi connectivity index (χ1v) is 8.36. The number of nitro groups is 1. The van der Waals surface area contributed by atoms with E-state index in [4.69, 9.17) is 5.73 Å². The van der Waals surface area contributed by atoms with E-state index in [1.165, 1.54) is 38.2 Å². The van der Waals surface area contributed by atoms with E-state index in [1.54, 1.807) is 12.1 Å². The number of nitrogens with two attached hydrogens (primary N) is 1. The molecule has 0 heterocycles. The van der Waals surface area contributed by atoms with Gasteiger partial charge in [0.05, 0.1) is 4.92 Å². The van der Waals surface area contributed by atoms with Gasteiger partial charge in [0, 0.05) is 17.7 Å².